The Morgan fingerprint density at radius 2 is 1.79 bits per heavy atom. The van der Waals surface area contributed by atoms with Crippen molar-refractivity contribution in [2.24, 2.45) is 0 Å². The molecule has 0 unspecified atom stereocenters. The second kappa shape index (κ2) is 8.66. The third-order valence-electron chi connectivity index (χ3n) is 3.22. The molecule has 0 heterocycles. The van der Waals surface area contributed by atoms with Crippen LogP contribution < -0.4 is 10.6 Å². The first-order chi connectivity index (χ1) is 11.5. The molecular weight excluding hydrogens is 354 g/mol. The van der Waals surface area contributed by atoms with Gasteiger partial charge >= 0.3 is 0 Å². The van der Waals surface area contributed by atoms with E-state index in [1.54, 1.807) is 6.07 Å². The number of amides is 2. The Balaban J connectivity index is 1.78. The van der Waals surface area contributed by atoms with Crippen molar-refractivity contribution in [3.63, 3.8) is 0 Å². The minimum absolute atomic E-state index is 0.00568. The van der Waals surface area contributed by atoms with Gasteiger partial charge < -0.3 is 10.6 Å². The molecule has 7 heteroatoms. The Bertz CT molecular complexity index is 733. The monoisotopic (exact) mass is 368 g/mol. The maximum absolute atomic E-state index is 13.6. The van der Waals surface area contributed by atoms with Crippen LogP contribution in [0.3, 0.4) is 0 Å². The summed E-state index contributed by atoms with van der Waals surface area (Å²) in [5.74, 6) is -1.85. The maximum Gasteiger partial charge on any atom is 0.256 e. The lowest BCUT2D eigenvalue weighted by Crippen LogP contribution is -2.38. The molecule has 0 bridgehead atoms. The lowest BCUT2D eigenvalue weighted by Gasteiger charge is -2.09. The summed E-state index contributed by atoms with van der Waals surface area (Å²) in [5.41, 5.74) is 0.718. The standard InChI is InChI=1S/C17H15Cl2FN2O2/c18-12-4-1-3-11(9-12)7-8-21-15(23)10-22-17(24)16-13(19)5-2-6-14(16)20/h1-6,9H,7-8,10H2,(H,21,23)(H,22,24). The van der Waals surface area contributed by atoms with E-state index in [-0.39, 0.29) is 23.0 Å². The smallest absolute Gasteiger partial charge is 0.256 e. The molecule has 2 rings (SSSR count). The van der Waals surface area contributed by atoms with E-state index in [1.165, 1.54) is 12.1 Å². The van der Waals surface area contributed by atoms with Crippen LogP contribution in [0.4, 0.5) is 4.39 Å². The van der Waals surface area contributed by atoms with Crippen molar-refractivity contribution in [3.05, 3.63) is 69.5 Å². The summed E-state index contributed by atoms with van der Waals surface area (Å²) in [7, 11) is 0. The van der Waals surface area contributed by atoms with Crippen molar-refractivity contribution < 1.29 is 14.0 Å². The average molecular weight is 369 g/mol. The summed E-state index contributed by atoms with van der Waals surface area (Å²) in [5, 5.41) is 5.63. The van der Waals surface area contributed by atoms with Gasteiger partial charge in [0.15, 0.2) is 0 Å². The first-order valence-electron chi connectivity index (χ1n) is 7.20. The number of carbonyl (C=O) groups is 2. The molecule has 4 nitrogen and oxygen atoms in total. The molecule has 126 valence electrons. The van der Waals surface area contributed by atoms with Crippen molar-refractivity contribution in [3.8, 4) is 0 Å². The number of carbonyl (C=O) groups excluding carboxylic acids is 2. The zero-order valence-electron chi connectivity index (χ0n) is 12.6. The average Bonchev–Trinajstić information content (AvgIpc) is 2.53. The molecule has 0 aromatic heterocycles. The van der Waals surface area contributed by atoms with Gasteiger partial charge in [0.2, 0.25) is 5.91 Å². The van der Waals surface area contributed by atoms with Gasteiger partial charge in [0.1, 0.15) is 5.82 Å². The van der Waals surface area contributed by atoms with Crippen molar-refractivity contribution in [1.82, 2.24) is 10.6 Å². The van der Waals surface area contributed by atoms with Gasteiger partial charge in [0.25, 0.3) is 5.91 Å². The zero-order chi connectivity index (χ0) is 17.5. The second-order valence-corrected chi connectivity index (χ2v) is 5.85. The van der Waals surface area contributed by atoms with E-state index in [1.807, 2.05) is 18.2 Å². The lowest BCUT2D eigenvalue weighted by atomic mass is 10.1. The number of halogens is 3. The molecule has 0 aliphatic carbocycles. The molecule has 0 aliphatic heterocycles. The van der Waals surface area contributed by atoms with Crippen LogP contribution in [0.5, 0.6) is 0 Å². The molecule has 0 atom stereocenters. The fraction of sp³-hybridized carbons (Fsp3) is 0.176. The van der Waals surface area contributed by atoms with Crippen molar-refractivity contribution in [2.75, 3.05) is 13.1 Å². The summed E-state index contributed by atoms with van der Waals surface area (Å²) in [6, 6.07) is 11.3. The van der Waals surface area contributed by atoms with E-state index >= 15 is 0 Å². The van der Waals surface area contributed by atoms with Gasteiger partial charge in [-0.3, -0.25) is 9.59 Å². The molecule has 2 aromatic carbocycles. The highest BCUT2D eigenvalue weighted by Crippen LogP contribution is 2.18. The first kappa shape index (κ1) is 18.2. The van der Waals surface area contributed by atoms with Crippen LogP contribution in [0.2, 0.25) is 10.0 Å². The molecule has 0 saturated heterocycles. The van der Waals surface area contributed by atoms with Crippen LogP contribution in [0.1, 0.15) is 15.9 Å². The lowest BCUT2D eigenvalue weighted by molar-refractivity contribution is -0.120. The Kier molecular flexibility index (Phi) is 6.58. The quantitative estimate of drug-likeness (QED) is 0.822. The Morgan fingerprint density at radius 1 is 1.04 bits per heavy atom. The van der Waals surface area contributed by atoms with Gasteiger partial charge in [-0.1, -0.05) is 41.4 Å². The molecule has 2 aromatic rings. The van der Waals surface area contributed by atoms with Gasteiger partial charge in [-0.15, -0.1) is 0 Å². The molecule has 0 saturated carbocycles. The normalized spacial score (nSPS) is 10.3. The minimum atomic E-state index is -0.735. The first-order valence-corrected chi connectivity index (χ1v) is 7.96. The predicted molar refractivity (Wildman–Crippen MR) is 91.9 cm³/mol. The van der Waals surface area contributed by atoms with Crippen LogP contribution in [0.15, 0.2) is 42.5 Å². The fourth-order valence-corrected chi connectivity index (χ4v) is 2.53. The predicted octanol–water partition coefficient (Wildman–Crippen LogP) is 3.22. The number of rotatable bonds is 6. The van der Waals surface area contributed by atoms with Crippen molar-refractivity contribution >= 4 is 35.0 Å². The van der Waals surface area contributed by atoms with Crippen molar-refractivity contribution in [2.45, 2.75) is 6.42 Å². The van der Waals surface area contributed by atoms with Gasteiger partial charge in [-0.2, -0.15) is 0 Å². The summed E-state index contributed by atoms with van der Waals surface area (Å²) in [6.45, 7) is 0.133. The van der Waals surface area contributed by atoms with Crippen molar-refractivity contribution in [1.29, 1.82) is 0 Å². The number of benzene rings is 2. The zero-order valence-corrected chi connectivity index (χ0v) is 14.1. The van der Waals surface area contributed by atoms with Gasteiger partial charge in [-0.25, -0.2) is 4.39 Å². The maximum atomic E-state index is 13.6. The third-order valence-corrected chi connectivity index (χ3v) is 3.77. The van der Waals surface area contributed by atoms with E-state index in [4.69, 9.17) is 23.2 Å². The fourth-order valence-electron chi connectivity index (χ4n) is 2.06. The van der Waals surface area contributed by atoms with Crippen LogP contribution in [-0.4, -0.2) is 24.9 Å². The van der Waals surface area contributed by atoms with E-state index in [0.29, 0.717) is 18.0 Å². The Morgan fingerprint density at radius 3 is 2.50 bits per heavy atom. The number of nitrogens with one attached hydrogen (secondary N) is 2. The summed E-state index contributed by atoms with van der Waals surface area (Å²) in [4.78, 5) is 23.6. The second-order valence-electron chi connectivity index (χ2n) is 5.01. The molecule has 0 aliphatic rings. The van der Waals surface area contributed by atoms with E-state index in [0.717, 1.165) is 11.6 Å². The van der Waals surface area contributed by atoms with E-state index in [2.05, 4.69) is 10.6 Å². The van der Waals surface area contributed by atoms with Gasteiger partial charge in [-0.05, 0) is 36.2 Å². The highest BCUT2D eigenvalue weighted by Gasteiger charge is 2.16. The largest absolute Gasteiger partial charge is 0.354 e. The summed E-state index contributed by atoms with van der Waals surface area (Å²) >= 11 is 11.7. The van der Waals surface area contributed by atoms with Gasteiger partial charge in [0.05, 0.1) is 17.1 Å². The van der Waals surface area contributed by atoms with Gasteiger partial charge in [0, 0.05) is 11.6 Å². The summed E-state index contributed by atoms with van der Waals surface area (Å²) in [6.07, 6.45) is 0.611. The SMILES string of the molecule is O=C(CNC(=O)c1c(F)cccc1Cl)NCCc1cccc(Cl)c1. The Labute approximate surface area is 149 Å². The van der Waals surface area contributed by atoms with Crippen LogP contribution >= 0.6 is 23.2 Å². The van der Waals surface area contributed by atoms with E-state index in [9.17, 15) is 14.0 Å². The topological polar surface area (TPSA) is 58.2 Å². The molecule has 2 amide bonds. The minimum Gasteiger partial charge on any atom is -0.354 e. The van der Waals surface area contributed by atoms with Crippen LogP contribution in [0, 0.1) is 5.82 Å². The number of hydrogen-bond donors (Lipinski definition) is 2. The molecule has 0 fully saturated rings. The molecule has 24 heavy (non-hydrogen) atoms. The van der Waals surface area contributed by atoms with E-state index < -0.39 is 11.7 Å². The summed E-state index contributed by atoms with van der Waals surface area (Å²) < 4.78 is 13.6. The number of hydrogen-bond acceptors (Lipinski definition) is 2. The molecular formula is C17H15Cl2FN2O2. The van der Waals surface area contributed by atoms with Crippen LogP contribution in [0.25, 0.3) is 0 Å². The molecule has 0 radical (unpaired) electrons. The van der Waals surface area contributed by atoms with Crippen LogP contribution in [-0.2, 0) is 11.2 Å². The Hall–Kier alpha value is -2.11. The highest BCUT2D eigenvalue weighted by molar-refractivity contribution is 6.33. The molecule has 0 spiro atoms. The highest BCUT2D eigenvalue weighted by atomic mass is 35.5. The molecule has 2 N–H and O–H groups in total. The third kappa shape index (κ3) is 5.22.